The van der Waals surface area contributed by atoms with E-state index in [2.05, 4.69) is 63.7 Å². The summed E-state index contributed by atoms with van der Waals surface area (Å²) in [5.41, 5.74) is 3.39. The van der Waals surface area contributed by atoms with E-state index in [0.29, 0.717) is 11.5 Å². The molecule has 0 saturated heterocycles. The highest BCUT2D eigenvalue weighted by Crippen LogP contribution is 2.38. The van der Waals surface area contributed by atoms with E-state index in [1.165, 1.54) is 0 Å². The second-order valence-corrected chi connectivity index (χ2v) is 10.7. The molecule has 1 aliphatic rings. The summed E-state index contributed by atoms with van der Waals surface area (Å²) < 4.78 is 24.2. The molecule has 3 rings (SSSR count). The monoisotopic (exact) mass is 706 g/mol. The molecule has 0 amide bonds. The van der Waals surface area contributed by atoms with Gasteiger partial charge in [-0.3, -0.25) is 4.79 Å². The molecule has 0 aliphatic heterocycles. The maximum absolute atomic E-state index is 13.2. The Morgan fingerprint density at radius 2 is 1.09 bits per heavy atom. The first kappa shape index (κ1) is 26.6. The average Bonchev–Trinajstić information content (AvgIpc) is 2.75. The summed E-state index contributed by atoms with van der Waals surface area (Å²) in [4.78, 5) is 13.2. The third-order valence-corrected chi connectivity index (χ3v) is 7.20. The van der Waals surface area contributed by atoms with Crippen LogP contribution in [0.4, 0.5) is 0 Å². The van der Waals surface area contributed by atoms with Gasteiger partial charge in [0.25, 0.3) is 0 Å². The molecule has 176 valence electrons. The zero-order chi connectivity index (χ0) is 24.0. The fourth-order valence-electron chi connectivity index (χ4n) is 3.42. The number of methoxy groups -OCH3 is 2. The number of carbonyl (C=O) groups is 1. The molecule has 0 atom stereocenters. The van der Waals surface area contributed by atoms with Crippen molar-refractivity contribution in [2.75, 3.05) is 27.8 Å². The summed E-state index contributed by atoms with van der Waals surface area (Å²) in [6.45, 7) is 0.298. The molecule has 1 saturated carbocycles. The summed E-state index contributed by atoms with van der Waals surface area (Å²) in [6, 6.07) is 7.73. The number of ether oxygens (including phenoxy) is 4. The molecule has 2 aromatic carbocycles. The van der Waals surface area contributed by atoms with Crippen LogP contribution in [-0.4, -0.2) is 33.6 Å². The van der Waals surface area contributed by atoms with Crippen molar-refractivity contribution in [3.63, 3.8) is 0 Å². The number of carbonyl (C=O) groups excluding carboxylic acids is 1. The normalized spacial score (nSPS) is 16.5. The van der Waals surface area contributed by atoms with Crippen molar-refractivity contribution >= 4 is 81.7 Å². The van der Waals surface area contributed by atoms with Crippen LogP contribution in [0.25, 0.3) is 12.2 Å². The molecular formula is C24H22Br4O5. The highest BCUT2D eigenvalue weighted by Gasteiger charge is 2.21. The molecule has 9 heteroatoms. The number of benzene rings is 2. The molecule has 2 aromatic rings. The molecule has 0 bridgehead atoms. The second-order valence-electron chi connectivity index (χ2n) is 7.25. The Balaban J connectivity index is 1.85. The fraction of sp³-hybridized carbons (Fsp3) is 0.292. The van der Waals surface area contributed by atoms with Crippen LogP contribution >= 0.6 is 63.7 Å². The number of rotatable bonds is 8. The maximum atomic E-state index is 13.2. The van der Waals surface area contributed by atoms with Gasteiger partial charge < -0.3 is 18.9 Å². The maximum Gasteiger partial charge on any atom is 0.188 e. The van der Waals surface area contributed by atoms with Crippen molar-refractivity contribution in [3.05, 3.63) is 64.4 Å². The molecular weight excluding hydrogens is 688 g/mol. The molecule has 0 unspecified atom stereocenters. The Hall–Kier alpha value is -0.970. The minimum Gasteiger partial charge on any atom is -0.465 e. The van der Waals surface area contributed by atoms with Crippen LogP contribution in [0.1, 0.15) is 30.4 Å². The zero-order valence-corrected chi connectivity index (χ0v) is 24.4. The zero-order valence-electron chi connectivity index (χ0n) is 18.1. The molecule has 0 spiro atoms. The van der Waals surface area contributed by atoms with Crippen molar-refractivity contribution in [3.8, 4) is 11.5 Å². The van der Waals surface area contributed by atoms with Gasteiger partial charge in [0.05, 0.1) is 17.9 Å². The SMILES string of the molecule is COCOc1c(Br)cc(/C=C2\CCC/C(=C\c3cc(Br)c(OCOC)c(Br)c3)C2=O)cc1Br. The smallest absolute Gasteiger partial charge is 0.188 e. The van der Waals surface area contributed by atoms with Crippen molar-refractivity contribution in [2.24, 2.45) is 0 Å². The third kappa shape index (κ3) is 7.02. The van der Waals surface area contributed by atoms with Crippen LogP contribution in [0, 0.1) is 0 Å². The lowest BCUT2D eigenvalue weighted by atomic mass is 9.87. The molecule has 0 aromatic heterocycles. The van der Waals surface area contributed by atoms with Crippen molar-refractivity contribution in [1.82, 2.24) is 0 Å². The number of hydrogen-bond donors (Lipinski definition) is 0. The minimum atomic E-state index is 0.0696. The molecule has 1 aliphatic carbocycles. The van der Waals surface area contributed by atoms with Gasteiger partial charge in [-0.25, -0.2) is 0 Å². The fourth-order valence-corrected chi connectivity index (χ4v) is 6.32. The lowest BCUT2D eigenvalue weighted by Gasteiger charge is -2.17. The summed E-state index contributed by atoms with van der Waals surface area (Å²) in [5.74, 6) is 1.38. The Kier molecular flexibility index (Phi) is 10.2. The van der Waals surface area contributed by atoms with Gasteiger partial charge in [0.2, 0.25) is 0 Å². The molecule has 33 heavy (non-hydrogen) atoms. The Morgan fingerprint density at radius 3 is 1.42 bits per heavy atom. The number of ketones is 1. The summed E-state index contributed by atoms with van der Waals surface area (Å²) >= 11 is 14.1. The van der Waals surface area contributed by atoms with E-state index in [-0.39, 0.29) is 19.4 Å². The standard InChI is InChI=1S/C24H22Br4O5/c1-30-12-32-23-18(25)8-14(9-19(23)26)6-16-4-3-5-17(22(16)29)7-15-10-20(27)24(21(28)11-15)33-13-31-2/h6-11H,3-5,12-13H2,1-2H3/b16-6+,17-7+. The first-order valence-electron chi connectivity index (χ1n) is 10.0. The predicted molar refractivity (Wildman–Crippen MR) is 144 cm³/mol. The van der Waals surface area contributed by atoms with Gasteiger partial charge in [-0.1, -0.05) is 0 Å². The van der Waals surface area contributed by atoms with E-state index in [1.54, 1.807) is 14.2 Å². The van der Waals surface area contributed by atoms with Gasteiger partial charge in [0.1, 0.15) is 0 Å². The molecule has 0 heterocycles. The van der Waals surface area contributed by atoms with Gasteiger partial charge >= 0.3 is 0 Å². The first-order valence-corrected chi connectivity index (χ1v) is 13.2. The Labute approximate surface area is 227 Å². The highest BCUT2D eigenvalue weighted by molar-refractivity contribution is 9.11. The van der Waals surface area contributed by atoms with Crippen LogP contribution in [-0.2, 0) is 14.3 Å². The van der Waals surface area contributed by atoms with E-state index in [0.717, 1.165) is 59.4 Å². The van der Waals surface area contributed by atoms with Gasteiger partial charge in [-0.05, 0) is 131 Å². The topological polar surface area (TPSA) is 54.0 Å². The number of Topliss-reactive ketones (excluding diaryl/α,β-unsaturated/α-hetero) is 1. The van der Waals surface area contributed by atoms with E-state index in [9.17, 15) is 4.79 Å². The van der Waals surface area contributed by atoms with Crippen LogP contribution in [0.2, 0.25) is 0 Å². The summed E-state index contributed by atoms with van der Waals surface area (Å²) in [6.07, 6.45) is 6.28. The summed E-state index contributed by atoms with van der Waals surface area (Å²) in [7, 11) is 3.14. The Bertz CT molecular complexity index is 965. The van der Waals surface area contributed by atoms with Gasteiger partial charge in [0.15, 0.2) is 30.9 Å². The lowest BCUT2D eigenvalue weighted by molar-refractivity contribution is -0.112. The molecule has 1 fully saturated rings. The highest BCUT2D eigenvalue weighted by atomic mass is 79.9. The average molecular weight is 710 g/mol. The van der Waals surface area contributed by atoms with Crippen molar-refractivity contribution in [2.45, 2.75) is 19.3 Å². The number of halogens is 4. The van der Waals surface area contributed by atoms with Crippen LogP contribution in [0.3, 0.4) is 0 Å². The molecule has 5 nitrogen and oxygen atoms in total. The first-order chi connectivity index (χ1) is 15.8. The Morgan fingerprint density at radius 1 is 0.727 bits per heavy atom. The van der Waals surface area contributed by atoms with Crippen molar-refractivity contribution in [1.29, 1.82) is 0 Å². The number of allylic oxidation sites excluding steroid dienone is 2. The largest absolute Gasteiger partial charge is 0.465 e. The van der Waals surface area contributed by atoms with Gasteiger partial charge in [-0.15, -0.1) is 0 Å². The molecule has 0 radical (unpaired) electrons. The van der Waals surface area contributed by atoms with Crippen LogP contribution < -0.4 is 9.47 Å². The van der Waals surface area contributed by atoms with Gasteiger partial charge in [-0.2, -0.15) is 0 Å². The van der Waals surface area contributed by atoms with Crippen LogP contribution in [0.5, 0.6) is 11.5 Å². The second kappa shape index (κ2) is 12.7. The summed E-state index contributed by atoms with van der Waals surface area (Å²) in [5, 5.41) is 0. The van der Waals surface area contributed by atoms with Crippen molar-refractivity contribution < 1.29 is 23.7 Å². The lowest BCUT2D eigenvalue weighted by Crippen LogP contribution is -2.12. The minimum absolute atomic E-state index is 0.0696. The predicted octanol–water partition coefficient (Wildman–Crippen LogP) is 7.92. The number of hydrogen-bond acceptors (Lipinski definition) is 5. The van der Waals surface area contributed by atoms with Gasteiger partial charge in [0, 0.05) is 25.4 Å². The van der Waals surface area contributed by atoms with E-state index < -0.39 is 0 Å². The van der Waals surface area contributed by atoms with E-state index >= 15 is 0 Å². The quantitative estimate of drug-likeness (QED) is 0.206. The van der Waals surface area contributed by atoms with E-state index in [1.807, 2.05) is 36.4 Å². The van der Waals surface area contributed by atoms with E-state index in [4.69, 9.17) is 18.9 Å². The van der Waals surface area contributed by atoms with Crippen LogP contribution in [0.15, 0.2) is 53.3 Å². The molecule has 0 N–H and O–H groups in total. The third-order valence-electron chi connectivity index (χ3n) is 4.84.